The second kappa shape index (κ2) is 10.1. The summed E-state index contributed by atoms with van der Waals surface area (Å²) in [6, 6.07) is 7.41. The summed E-state index contributed by atoms with van der Waals surface area (Å²) in [4.78, 5) is 10.7. The molecular weight excluding hydrogens is 332 g/mol. The third kappa shape index (κ3) is 6.31. The first-order valence-electron chi connectivity index (χ1n) is 7.44. The number of carbonyl (C=O) groups is 1. The Morgan fingerprint density at radius 2 is 1.79 bits per heavy atom. The van der Waals surface area contributed by atoms with E-state index in [0.717, 1.165) is 11.3 Å². The Balaban J connectivity index is 1.64. The van der Waals surface area contributed by atoms with E-state index in [0.29, 0.717) is 37.5 Å². The number of ether oxygens (including phenoxy) is 3. The molecule has 1 heterocycles. The first kappa shape index (κ1) is 18.4. The van der Waals surface area contributed by atoms with Crippen molar-refractivity contribution in [2.45, 2.75) is 12.1 Å². The quantitative estimate of drug-likeness (QED) is 0.450. The lowest BCUT2D eigenvalue weighted by Gasteiger charge is -2.07. The Morgan fingerprint density at radius 3 is 2.46 bits per heavy atom. The van der Waals surface area contributed by atoms with Crippen molar-refractivity contribution in [3.05, 3.63) is 24.3 Å². The van der Waals surface area contributed by atoms with Crippen LogP contribution in [0.25, 0.3) is 11.5 Å². The van der Waals surface area contributed by atoms with Gasteiger partial charge in [-0.15, -0.1) is 10.2 Å². The van der Waals surface area contributed by atoms with Crippen LogP contribution in [0.3, 0.4) is 0 Å². The standard InChI is InChI=1S/C16H20N2O5S/c1-12(19)11-21-8-7-20-9-10-22-14-5-3-13(4-6-14)15-17-18-16(23-15)24-2/h3-6H,7-11H2,1-2H3. The maximum Gasteiger partial charge on any atom is 0.276 e. The molecule has 0 spiro atoms. The SMILES string of the molecule is CSc1nnc(-c2ccc(OCCOCCOCC(C)=O)cc2)o1. The van der Waals surface area contributed by atoms with Crippen molar-refractivity contribution < 1.29 is 23.4 Å². The van der Waals surface area contributed by atoms with Gasteiger partial charge in [-0.2, -0.15) is 0 Å². The molecule has 7 nitrogen and oxygen atoms in total. The smallest absolute Gasteiger partial charge is 0.276 e. The van der Waals surface area contributed by atoms with Gasteiger partial charge in [0, 0.05) is 5.56 Å². The molecule has 0 unspecified atom stereocenters. The maximum atomic E-state index is 10.7. The van der Waals surface area contributed by atoms with Crippen molar-refractivity contribution in [1.82, 2.24) is 10.2 Å². The fourth-order valence-corrected chi connectivity index (χ4v) is 2.04. The average molecular weight is 352 g/mol. The van der Waals surface area contributed by atoms with Crippen molar-refractivity contribution in [2.24, 2.45) is 0 Å². The van der Waals surface area contributed by atoms with Gasteiger partial charge in [0.05, 0.1) is 19.8 Å². The highest BCUT2D eigenvalue weighted by Crippen LogP contribution is 2.23. The van der Waals surface area contributed by atoms with Gasteiger partial charge in [-0.05, 0) is 37.4 Å². The Morgan fingerprint density at radius 1 is 1.08 bits per heavy atom. The lowest BCUT2D eigenvalue weighted by atomic mass is 10.2. The van der Waals surface area contributed by atoms with Gasteiger partial charge < -0.3 is 18.6 Å². The van der Waals surface area contributed by atoms with Crippen molar-refractivity contribution in [1.29, 1.82) is 0 Å². The number of benzene rings is 1. The predicted octanol–water partition coefficient (Wildman–Crippen LogP) is 2.46. The molecule has 0 saturated carbocycles. The minimum Gasteiger partial charge on any atom is -0.491 e. The fraction of sp³-hybridized carbons (Fsp3) is 0.438. The average Bonchev–Trinajstić information content (AvgIpc) is 3.06. The molecule has 1 aromatic heterocycles. The van der Waals surface area contributed by atoms with Crippen LogP contribution in [0.5, 0.6) is 5.75 Å². The number of hydrogen-bond acceptors (Lipinski definition) is 8. The van der Waals surface area contributed by atoms with Crippen LogP contribution in [0.15, 0.2) is 33.9 Å². The molecule has 8 heteroatoms. The zero-order valence-electron chi connectivity index (χ0n) is 13.7. The minimum atomic E-state index is 0.00646. The number of aromatic nitrogens is 2. The van der Waals surface area contributed by atoms with Gasteiger partial charge in [0.15, 0.2) is 5.78 Å². The zero-order valence-corrected chi connectivity index (χ0v) is 14.5. The van der Waals surface area contributed by atoms with Gasteiger partial charge in [-0.3, -0.25) is 4.79 Å². The summed E-state index contributed by atoms with van der Waals surface area (Å²) in [6.45, 7) is 3.33. The lowest BCUT2D eigenvalue weighted by molar-refractivity contribution is -0.122. The molecule has 0 aliphatic heterocycles. The molecule has 0 fully saturated rings. The Bertz CT molecular complexity index is 630. The molecule has 0 radical (unpaired) electrons. The van der Waals surface area contributed by atoms with Gasteiger partial charge >= 0.3 is 0 Å². The van der Waals surface area contributed by atoms with Crippen molar-refractivity contribution in [3.8, 4) is 17.2 Å². The first-order chi connectivity index (χ1) is 11.7. The van der Waals surface area contributed by atoms with Crippen LogP contribution in [0.1, 0.15) is 6.92 Å². The summed E-state index contributed by atoms with van der Waals surface area (Å²) in [7, 11) is 0. The number of carbonyl (C=O) groups excluding carboxylic acids is 1. The molecule has 2 rings (SSSR count). The van der Waals surface area contributed by atoms with E-state index in [1.54, 1.807) is 0 Å². The van der Waals surface area contributed by atoms with Crippen LogP contribution in [0.2, 0.25) is 0 Å². The van der Waals surface area contributed by atoms with E-state index in [1.165, 1.54) is 18.7 Å². The molecule has 0 amide bonds. The summed E-state index contributed by atoms with van der Waals surface area (Å²) in [5.74, 6) is 1.23. The van der Waals surface area contributed by atoms with Gasteiger partial charge in [0.1, 0.15) is 19.0 Å². The molecule has 24 heavy (non-hydrogen) atoms. The summed E-state index contributed by atoms with van der Waals surface area (Å²) in [6.07, 6.45) is 1.88. The van der Waals surface area contributed by atoms with Gasteiger partial charge in [0.2, 0.25) is 5.89 Å². The van der Waals surface area contributed by atoms with Crippen molar-refractivity contribution in [2.75, 3.05) is 39.3 Å². The van der Waals surface area contributed by atoms with Gasteiger partial charge in [-0.1, -0.05) is 11.8 Å². The molecule has 0 atom stereocenters. The van der Waals surface area contributed by atoms with Crippen LogP contribution in [0, 0.1) is 0 Å². The van der Waals surface area contributed by atoms with Gasteiger partial charge in [-0.25, -0.2) is 0 Å². The highest BCUT2D eigenvalue weighted by Gasteiger charge is 2.07. The number of nitrogens with zero attached hydrogens (tertiary/aromatic N) is 2. The van der Waals surface area contributed by atoms with E-state index in [-0.39, 0.29) is 12.4 Å². The van der Waals surface area contributed by atoms with Crippen LogP contribution in [-0.4, -0.2) is 55.3 Å². The summed E-state index contributed by atoms with van der Waals surface area (Å²) < 4.78 is 21.5. The van der Waals surface area contributed by atoms with E-state index < -0.39 is 0 Å². The third-order valence-electron chi connectivity index (χ3n) is 2.86. The van der Waals surface area contributed by atoms with Gasteiger partial charge in [0.25, 0.3) is 5.22 Å². The highest BCUT2D eigenvalue weighted by molar-refractivity contribution is 7.98. The molecule has 0 aliphatic carbocycles. The molecule has 0 bridgehead atoms. The summed E-state index contributed by atoms with van der Waals surface area (Å²) >= 11 is 1.40. The number of Topliss-reactive ketones (excluding diaryl/α,β-unsaturated/α-hetero) is 1. The predicted molar refractivity (Wildman–Crippen MR) is 89.3 cm³/mol. The fourth-order valence-electron chi connectivity index (χ4n) is 1.76. The molecule has 130 valence electrons. The monoisotopic (exact) mass is 352 g/mol. The first-order valence-corrected chi connectivity index (χ1v) is 8.67. The molecule has 0 aliphatic rings. The van der Waals surface area contributed by atoms with E-state index in [2.05, 4.69) is 10.2 Å². The normalized spacial score (nSPS) is 10.8. The Labute approximate surface area is 144 Å². The van der Waals surface area contributed by atoms with Crippen molar-refractivity contribution >= 4 is 17.5 Å². The van der Waals surface area contributed by atoms with E-state index >= 15 is 0 Å². The molecule has 1 aromatic carbocycles. The highest BCUT2D eigenvalue weighted by atomic mass is 32.2. The molecular formula is C16H20N2O5S. The van der Waals surface area contributed by atoms with E-state index in [9.17, 15) is 4.79 Å². The van der Waals surface area contributed by atoms with E-state index in [1.807, 2.05) is 30.5 Å². The van der Waals surface area contributed by atoms with Crippen molar-refractivity contribution in [3.63, 3.8) is 0 Å². The number of ketones is 1. The Kier molecular flexibility index (Phi) is 7.73. The maximum absolute atomic E-state index is 10.7. The minimum absolute atomic E-state index is 0.00646. The number of hydrogen-bond donors (Lipinski definition) is 0. The van der Waals surface area contributed by atoms with Crippen LogP contribution in [-0.2, 0) is 14.3 Å². The topological polar surface area (TPSA) is 83.7 Å². The lowest BCUT2D eigenvalue weighted by Crippen LogP contribution is -2.13. The molecule has 2 aromatic rings. The van der Waals surface area contributed by atoms with E-state index in [4.69, 9.17) is 18.6 Å². The second-order valence-electron chi connectivity index (χ2n) is 4.82. The number of rotatable bonds is 11. The summed E-state index contributed by atoms with van der Waals surface area (Å²) in [5, 5.41) is 8.42. The van der Waals surface area contributed by atoms with Crippen LogP contribution < -0.4 is 4.74 Å². The van der Waals surface area contributed by atoms with Crippen LogP contribution in [0.4, 0.5) is 0 Å². The molecule has 0 saturated heterocycles. The summed E-state index contributed by atoms with van der Waals surface area (Å²) in [5.41, 5.74) is 0.842. The largest absolute Gasteiger partial charge is 0.491 e. The Hall–Kier alpha value is -1.90. The molecule has 0 N–H and O–H groups in total. The third-order valence-corrected chi connectivity index (χ3v) is 3.37. The van der Waals surface area contributed by atoms with Crippen LogP contribution >= 0.6 is 11.8 Å². The second-order valence-corrected chi connectivity index (χ2v) is 5.57. The number of thioether (sulfide) groups is 1. The zero-order chi connectivity index (χ0) is 17.2.